The third kappa shape index (κ3) is 3.10. The molecule has 1 amide bonds. The van der Waals surface area contributed by atoms with Crippen molar-refractivity contribution < 1.29 is 14.6 Å². The van der Waals surface area contributed by atoms with Crippen molar-refractivity contribution in [3.8, 4) is 17.0 Å². The summed E-state index contributed by atoms with van der Waals surface area (Å²) >= 11 is 12.9. The summed E-state index contributed by atoms with van der Waals surface area (Å²) in [4.78, 5) is 18.2. The fraction of sp³-hybridized carbons (Fsp3) is 0.300. The van der Waals surface area contributed by atoms with Gasteiger partial charge >= 0.3 is 0 Å². The van der Waals surface area contributed by atoms with Gasteiger partial charge in [0.05, 0.1) is 22.8 Å². The normalized spacial score (nSPS) is 15.6. The lowest BCUT2D eigenvalue weighted by Crippen LogP contribution is -2.37. The minimum Gasteiger partial charge on any atom is -0.497 e. The molecule has 5 nitrogen and oxygen atoms in total. The Bertz CT molecular complexity index is 972. The lowest BCUT2D eigenvalue weighted by molar-refractivity contribution is -0.133. The lowest BCUT2D eigenvalue weighted by Gasteiger charge is -2.28. The van der Waals surface area contributed by atoms with Gasteiger partial charge in [0.15, 0.2) is 0 Å². The van der Waals surface area contributed by atoms with Gasteiger partial charge in [0, 0.05) is 30.9 Å². The smallest absolute Gasteiger partial charge is 0.248 e. The Hall–Kier alpha value is -2.08. The molecule has 1 aromatic heterocycles. The van der Waals surface area contributed by atoms with E-state index in [1.807, 2.05) is 12.1 Å². The van der Waals surface area contributed by atoms with Crippen LogP contribution in [0.4, 0.5) is 0 Å². The van der Waals surface area contributed by atoms with E-state index >= 15 is 0 Å². The maximum absolute atomic E-state index is 12.0. The Labute approximate surface area is 167 Å². The van der Waals surface area contributed by atoms with Crippen LogP contribution in [0.15, 0.2) is 30.0 Å². The van der Waals surface area contributed by atoms with Gasteiger partial charge in [-0.3, -0.25) is 9.78 Å². The van der Waals surface area contributed by atoms with E-state index in [2.05, 4.69) is 4.98 Å². The third-order valence-electron chi connectivity index (χ3n) is 5.20. The number of aliphatic hydroxyl groups is 1. The monoisotopic (exact) mass is 404 g/mol. The molecule has 0 radical (unpaired) electrons. The Morgan fingerprint density at radius 1 is 1.37 bits per heavy atom. The number of ether oxygens (including phenoxy) is 1. The molecule has 0 fully saturated rings. The summed E-state index contributed by atoms with van der Waals surface area (Å²) in [6.45, 7) is 0.572. The van der Waals surface area contributed by atoms with Crippen molar-refractivity contribution in [1.82, 2.24) is 9.88 Å². The van der Waals surface area contributed by atoms with Gasteiger partial charge in [0.2, 0.25) is 5.91 Å². The molecule has 2 aromatic rings. The quantitative estimate of drug-likeness (QED) is 0.848. The minimum absolute atomic E-state index is 0.267. The molecular formula is C20H18Cl2N2O3. The summed E-state index contributed by atoms with van der Waals surface area (Å²) in [6, 6.07) is 5.47. The number of hydrogen-bond acceptors (Lipinski definition) is 4. The number of fused-ring (bicyclic) bond motifs is 2. The minimum atomic E-state index is -0.485. The lowest BCUT2D eigenvalue weighted by atomic mass is 9.94. The van der Waals surface area contributed by atoms with Crippen LogP contribution in [0, 0.1) is 0 Å². The zero-order valence-electron chi connectivity index (χ0n) is 14.8. The number of benzene rings is 1. The number of pyridine rings is 1. The van der Waals surface area contributed by atoms with E-state index < -0.39 is 6.61 Å². The van der Waals surface area contributed by atoms with Crippen molar-refractivity contribution in [3.63, 3.8) is 0 Å². The molecule has 1 aromatic carbocycles. The van der Waals surface area contributed by atoms with Gasteiger partial charge in [-0.2, -0.15) is 0 Å². The van der Waals surface area contributed by atoms with Crippen molar-refractivity contribution in [2.75, 3.05) is 26.8 Å². The Kier molecular flexibility index (Phi) is 4.84. The van der Waals surface area contributed by atoms with Gasteiger partial charge in [0.1, 0.15) is 12.4 Å². The van der Waals surface area contributed by atoms with Crippen LogP contribution in [-0.2, 0) is 11.2 Å². The molecule has 27 heavy (non-hydrogen) atoms. The Balaban J connectivity index is 1.87. The van der Waals surface area contributed by atoms with E-state index in [0.29, 0.717) is 28.9 Å². The molecule has 2 heterocycles. The van der Waals surface area contributed by atoms with Gasteiger partial charge in [-0.15, -0.1) is 0 Å². The van der Waals surface area contributed by atoms with Crippen molar-refractivity contribution in [2.24, 2.45) is 0 Å². The highest BCUT2D eigenvalue weighted by atomic mass is 35.5. The molecule has 1 aliphatic carbocycles. The van der Waals surface area contributed by atoms with Crippen LogP contribution in [0.2, 0.25) is 10.0 Å². The molecule has 140 valence electrons. The zero-order chi connectivity index (χ0) is 19.1. The summed E-state index contributed by atoms with van der Waals surface area (Å²) in [5.41, 5.74) is 5.93. The van der Waals surface area contributed by atoms with Crippen molar-refractivity contribution in [1.29, 1.82) is 0 Å². The topological polar surface area (TPSA) is 62.7 Å². The highest BCUT2D eigenvalue weighted by molar-refractivity contribution is 6.43. The molecule has 0 unspecified atom stereocenters. The number of hydrogen-bond donors (Lipinski definition) is 1. The van der Waals surface area contributed by atoms with E-state index in [1.165, 1.54) is 5.57 Å². The number of carbonyl (C=O) groups excluding carboxylic acids is 1. The number of rotatable bonds is 3. The number of carbonyl (C=O) groups is 1. The molecular weight excluding hydrogens is 387 g/mol. The highest BCUT2D eigenvalue weighted by Crippen LogP contribution is 2.47. The van der Waals surface area contributed by atoms with Gasteiger partial charge in [-0.05, 0) is 41.7 Å². The first kappa shape index (κ1) is 18.3. The summed E-state index contributed by atoms with van der Waals surface area (Å²) in [7, 11) is 1.61. The molecule has 0 saturated heterocycles. The first-order chi connectivity index (χ1) is 13.0. The van der Waals surface area contributed by atoms with E-state index in [4.69, 9.17) is 27.9 Å². The standard InChI is InChI=1S/C20H18Cl2N2O3/c1-27-12-2-4-23-17(7-12)13-8-16(21)20(22)14-6-11-3-5-24(18(26)10-25)9-15(11)19(13)14/h2,4,7-8,25H,3,5-6,9-10H2,1H3. The molecule has 2 aliphatic rings. The second-order valence-electron chi connectivity index (χ2n) is 6.64. The van der Waals surface area contributed by atoms with Crippen LogP contribution in [0.3, 0.4) is 0 Å². The fourth-order valence-electron chi connectivity index (χ4n) is 3.86. The second-order valence-corrected chi connectivity index (χ2v) is 7.42. The third-order valence-corrected chi connectivity index (χ3v) is 6.03. The van der Waals surface area contributed by atoms with Gasteiger partial charge in [-0.1, -0.05) is 28.8 Å². The number of aliphatic hydroxyl groups excluding tert-OH is 1. The van der Waals surface area contributed by atoms with Crippen LogP contribution < -0.4 is 4.74 Å². The van der Waals surface area contributed by atoms with Gasteiger partial charge in [0.25, 0.3) is 0 Å². The molecule has 4 rings (SSSR count). The Morgan fingerprint density at radius 2 is 2.19 bits per heavy atom. The summed E-state index contributed by atoms with van der Waals surface area (Å²) in [5, 5.41) is 10.3. The molecule has 0 atom stereocenters. The maximum Gasteiger partial charge on any atom is 0.248 e. The molecule has 1 N–H and O–H groups in total. The summed E-state index contributed by atoms with van der Waals surface area (Å²) in [6.07, 6.45) is 3.17. The number of aromatic nitrogens is 1. The number of methoxy groups -OCH3 is 1. The van der Waals surface area contributed by atoms with Crippen molar-refractivity contribution >= 4 is 34.7 Å². The summed E-state index contributed by atoms with van der Waals surface area (Å²) < 4.78 is 5.33. The van der Waals surface area contributed by atoms with E-state index in [9.17, 15) is 9.90 Å². The van der Waals surface area contributed by atoms with Crippen LogP contribution in [0.5, 0.6) is 5.75 Å². The van der Waals surface area contributed by atoms with Crippen molar-refractivity contribution in [2.45, 2.75) is 12.8 Å². The number of nitrogens with zero attached hydrogens (tertiary/aromatic N) is 2. The van der Waals surface area contributed by atoms with E-state index in [-0.39, 0.29) is 5.91 Å². The molecule has 1 aliphatic heterocycles. The van der Waals surface area contributed by atoms with Gasteiger partial charge in [-0.25, -0.2) is 0 Å². The molecule has 0 bridgehead atoms. The first-order valence-corrected chi connectivity index (χ1v) is 9.40. The highest BCUT2D eigenvalue weighted by Gasteiger charge is 2.33. The van der Waals surface area contributed by atoms with Crippen LogP contribution in [0.25, 0.3) is 16.8 Å². The first-order valence-electron chi connectivity index (χ1n) is 8.64. The largest absolute Gasteiger partial charge is 0.497 e. The van der Waals surface area contributed by atoms with Gasteiger partial charge < -0.3 is 14.7 Å². The van der Waals surface area contributed by atoms with Crippen molar-refractivity contribution in [3.05, 3.63) is 51.1 Å². The van der Waals surface area contributed by atoms with E-state index in [1.54, 1.807) is 24.3 Å². The Morgan fingerprint density at radius 3 is 2.93 bits per heavy atom. The van der Waals surface area contributed by atoms with E-state index in [0.717, 1.165) is 40.8 Å². The molecule has 7 heteroatoms. The number of amides is 1. The molecule has 0 saturated carbocycles. The SMILES string of the molecule is COc1ccnc(-c2cc(Cl)c(Cl)c3c2C2=C(CCN(C(=O)CO)C2)C3)c1. The maximum atomic E-state index is 12.0. The second kappa shape index (κ2) is 7.15. The average Bonchev–Trinajstić information content (AvgIpc) is 3.09. The van der Waals surface area contributed by atoms with Crippen LogP contribution in [-0.4, -0.2) is 47.7 Å². The van der Waals surface area contributed by atoms with Crippen LogP contribution >= 0.6 is 23.2 Å². The fourth-order valence-corrected chi connectivity index (χ4v) is 4.30. The number of halogens is 2. The zero-order valence-corrected chi connectivity index (χ0v) is 16.3. The predicted octanol–water partition coefficient (Wildman–Crippen LogP) is 3.60. The molecule has 0 spiro atoms. The predicted molar refractivity (Wildman–Crippen MR) is 105 cm³/mol. The van der Waals surface area contributed by atoms with Crippen LogP contribution in [0.1, 0.15) is 17.5 Å². The average molecular weight is 405 g/mol. The summed E-state index contributed by atoms with van der Waals surface area (Å²) in [5.74, 6) is 0.434.